The van der Waals surface area contributed by atoms with E-state index in [9.17, 15) is 9.59 Å². The van der Waals surface area contributed by atoms with Crippen molar-refractivity contribution in [3.8, 4) is 11.4 Å². The summed E-state index contributed by atoms with van der Waals surface area (Å²) in [7, 11) is 0. The number of anilines is 2. The Labute approximate surface area is 164 Å². The standard InChI is InChI=1S/C22H22N4O2/c1-22(2,3)21(28)26-17-11-7-10-16(12-17)20(27)25-18-13-23-19(24-14-18)15-8-5-4-6-9-15/h4-14H,1-3H3,(H,25,27)(H,26,28). The van der Waals surface area contributed by atoms with Crippen LogP contribution in [0.25, 0.3) is 11.4 Å². The Balaban J connectivity index is 1.69. The first-order valence-corrected chi connectivity index (χ1v) is 8.93. The summed E-state index contributed by atoms with van der Waals surface area (Å²) in [6.45, 7) is 5.49. The zero-order valence-corrected chi connectivity index (χ0v) is 16.1. The minimum absolute atomic E-state index is 0.116. The van der Waals surface area contributed by atoms with Crippen molar-refractivity contribution in [3.05, 3.63) is 72.6 Å². The molecule has 1 aromatic heterocycles. The summed E-state index contributed by atoms with van der Waals surface area (Å²) < 4.78 is 0. The van der Waals surface area contributed by atoms with Crippen molar-refractivity contribution >= 4 is 23.2 Å². The molecule has 0 unspecified atom stereocenters. The van der Waals surface area contributed by atoms with E-state index >= 15 is 0 Å². The third-order valence-electron chi connectivity index (χ3n) is 4.01. The highest BCUT2D eigenvalue weighted by molar-refractivity contribution is 6.05. The Hall–Kier alpha value is -3.54. The highest BCUT2D eigenvalue weighted by Gasteiger charge is 2.21. The smallest absolute Gasteiger partial charge is 0.255 e. The maximum atomic E-state index is 12.5. The first-order valence-electron chi connectivity index (χ1n) is 8.93. The molecule has 6 heteroatoms. The lowest BCUT2D eigenvalue weighted by molar-refractivity contribution is -0.123. The molecule has 0 saturated heterocycles. The molecule has 0 fully saturated rings. The van der Waals surface area contributed by atoms with Gasteiger partial charge in [-0.3, -0.25) is 9.59 Å². The fourth-order valence-electron chi connectivity index (χ4n) is 2.39. The van der Waals surface area contributed by atoms with Gasteiger partial charge >= 0.3 is 0 Å². The number of amides is 2. The molecule has 2 aromatic carbocycles. The Bertz CT molecular complexity index is 977. The van der Waals surface area contributed by atoms with E-state index in [4.69, 9.17) is 0 Å². The highest BCUT2D eigenvalue weighted by Crippen LogP contribution is 2.19. The normalized spacial score (nSPS) is 11.0. The number of carbonyl (C=O) groups is 2. The van der Waals surface area contributed by atoms with E-state index in [1.807, 2.05) is 51.1 Å². The average molecular weight is 374 g/mol. The Morgan fingerprint density at radius 2 is 1.50 bits per heavy atom. The molecule has 0 bridgehead atoms. The molecule has 2 N–H and O–H groups in total. The van der Waals surface area contributed by atoms with Crippen molar-refractivity contribution in [1.82, 2.24) is 9.97 Å². The lowest BCUT2D eigenvalue weighted by Crippen LogP contribution is -2.27. The van der Waals surface area contributed by atoms with Gasteiger partial charge in [0.25, 0.3) is 5.91 Å². The summed E-state index contributed by atoms with van der Waals surface area (Å²) in [6, 6.07) is 16.4. The first-order chi connectivity index (χ1) is 13.3. The number of aromatic nitrogens is 2. The fourth-order valence-corrected chi connectivity index (χ4v) is 2.39. The minimum Gasteiger partial charge on any atom is -0.326 e. The van der Waals surface area contributed by atoms with Crippen LogP contribution in [0.1, 0.15) is 31.1 Å². The number of benzene rings is 2. The van der Waals surface area contributed by atoms with Gasteiger partial charge in [-0.1, -0.05) is 57.2 Å². The van der Waals surface area contributed by atoms with Gasteiger partial charge in [0.05, 0.1) is 18.1 Å². The van der Waals surface area contributed by atoms with Gasteiger partial charge in [-0.15, -0.1) is 0 Å². The van der Waals surface area contributed by atoms with Gasteiger partial charge in [0.15, 0.2) is 5.82 Å². The molecule has 142 valence electrons. The number of rotatable bonds is 4. The van der Waals surface area contributed by atoms with Gasteiger partial charge in [0.1, 0.15) is 0 Å². The van der Waals surface area contributed by atoms with Crippen LogP contribution in [0.5, 0.6) is 0 Å². The summed E-state index contributed by atoms with van der Waals surface area (Å²) in [5.41, 5.74) is 1.88. The third-order valence-corrected chi connectivity index (χ3v) is 4.01. The molecule has 0 aliphatic rings. The van der Waals surface area contributed by atoms with E-state index in [0.717, 1.165) is 5.56 Å². The predicted octanol–water partition coefficient (Wildman–Crippen LogP) is 4.38. The van der Waals surface area contributed by atoms with Gasteiger partial charge in [0, 0.05) is 22.2 Å². The van der Waals surface area contributed by atoms with Gasteiger partial charge < -0.3 is 10.6 Å². The molecule has 0 aliphatic heterocycles. The lowest BCUT2D eigenvalue weighted by Gasteiger charge is -2.18. The largest absolute Gasteiger partial charge is 0.326 e. The average Bonchev–Trinajstić information content (AvgIpc) is 2.69. The number of hydrogen-bond acceptors (Lipinski definition) is 4. The molecule has 6 nitrogen and oxygen atoms in total. The molecule has 0 atom stereocenters. The van der Waals surface area contributed by atoms with Crippen LogP contribution < -0.4 is 10.6 Å². The van der Waals surface area contributed by atoms with Crippen LogP contribution in [0.4, 0.5) is 11.4 Å². The maximum absolute atomic E-state index is 12.5. The summed E-state index contributed by atoms with van der Waals surface area (Å²) in [4.78, 5) is 33.2. The molecular formula is C22H22N4O2. The van der Waals surface area contributed by atoms with Crippen LogP contribution in [-0.4, -0.2) is 21.8 Å². The maximum Gasteiger partial charge on any atom is 0.255 e. The quantitative estimate of drug-likeness (QED) is 0.710. The fraction of sp³-hybridized carbons (Fsp3) is 0.182. The van der Waals surface area contributed by atoms with Crippen LogP contribution in [0, 0.1) is 5.41 Å². The van der Waals surface area contributed by atoms with Crippen molar-refractivity contribution in [1.29, 1.82) is 0 Å². The SMILES string of the molecule is CC(C)(C)C(=O)Nc1cccc(C(=O)Nc2cnc(-c3ccccc3)nc2)c1. The van der Waals surface area contributed by atoms with Crippen LogP contribution in [0.3, 0.4) is 0 Å². The van der Waals surface area contributed by atoms with E-state index in [1.54, 1.807) is 36.7 Å². The Kier molecular flexibility index (Phi) is 5.49. The minimum atomic E-state index is -0.518. The van der Waals surface area contributed by atoms with E-state index in [-0.39, 0.29) is 11.8 Å². The number of carbonyl (C=O) groups excluding carboxylic acids is 2. The number of hydrogen-bond donors (Lipinski definition) is 2. The van der Waals surface area contributed by atoms with Gasteiger partial charge in [-0.2, -0.15) is 0 Å². The molecule has 0 aliphatic carbocycles. The second-order valence-corrected chi connectivity index (χ2v) is 7.40. The molecule has 0 saturated carbocycles. The second-order valence-electron chi connectivity index (χ2n) is 7.40. The third kappa shape index (κ3) is 4.79. The molecule has 0 radical (unpaired) electrons. The predicted molar refractivity (Wildman–Crippen MR) is 110 cm³/mol. The van der Waals surface area contributed by atoms with Crippen LogP contribution in [-0.2, 0) is 4.79 Å². The molecule has 3 aromatic rings. The monoisotopic (exact) mass is 374 g/mol. The molecule has 0 spiro atoms. The lowest BCUT2D eigenvalue weighted by atomic mass is 9.95. The molecule has 2 amide bonds. The van der Waals surface area contributed by atoms with E-state index in [0.29, 0.717) is 22.8 Å². The van der Waals surface area contributed by atoms with Crippen molar-refractivity contribution in [2.45, 2.75) is 20.8 Å². The molecule has 3 rings (SSSR count). The van der Waals surface area contributed by atoms with Crippen molar-refractivity contribution in [3.63, 3.8) is 0 Å². The van der Waals surface area contributed by atoms with Crippen molar-refractivity contribution < 1.29 is 9.59 Å². The van der Waals surface area contributed by atoms with Crippen LogP contribution in [0.15, 0.2) is 67.0 Å². The number of nitrogens with one attached hydrogen (secondary N) is 2. The van der Waals surface area contributed by atoms with E-state index in [2.05, 4.69) is 20.6 Å². The topological polar surface area (TPSA) is 84.0 Å². The highest BCUT2D eigenvalue weighted by atomic mass is 16.2. The summed E-state index contributed by atoms with van der Waals surface area (Å²) in [6.07, 6.45) is 3.14. The zero-order valence-electron chi connectivity index (χ0n) is 16.1. The van der Waals surface area contributed by atoms with Gasteiger partial charge in [-0.05, 0) is 18.2 Å². The molecule has 28 heavy (non-hydrogen) atoms. The second kappa shape index (κ2) is 8.00. The molecule has 1 heterocycles. The Morgan fingerprint density at radius 1 is 0.821 bits per heavy atom. The van der Waals surface area contributed by atoms with Crippen molar-refractivity contribution in [2.75, 3.05) is 10.6 Å². The van der Waals surface area contributed by atoms with E-state index < -0.39 is 5.41 Å². The summed E-state index contributed by atoms with van der Waals surface area (Å²) in [5.74, 6) is 0.170. The van der Waals surface area contributed by atoms with Crippen molar-refractivity contribution in [2.24, 2.45) is 5.41 Å². The zero-order chi connectivity index (χ0) is 20.1. The summed E-state index contributed by atoms with van der Waals surface area (Å²) >= 11 is 0. The van der Waals surface area contributed by atoms with Crippen LogP contribution >= 0.6 is 0 Å². The number of nitrogens with zero attached hydrogens (tertiary/aromatic N) is 2. The van der Waals surface area contributed by atoms with Gasteiger partial charge in [0.2, 0.25) is 5.91 Å². The van der Waals surface area contributed by atoms with Gasteiger partial charge in [-0.25, -0.2) is 9.97 Å². The first kappa shape index (κ1) is 19.2. The molecular weight excluding hydrogens is 352 g/mol. The van der Waals surface area contributed by atoms with E-state index in [1.165, 1.54) is 0 Å². The summed E-state index contributed by atoms with van der Waals surface area (Å²) in [5, 5.41) is 5.59. The Morgan fingerprint density at radius 3 is 2.14 bits per heavy atom. The van der Waals surface area contributed by atoms with Crippen LogP contribution in [0.2, 0.25) is 0 Å².